The van der Waals surface area contributed by atoms with Crippen molar-refractivity contribution >= 4 is 29.7 Å². The van der Waals surface area contributed by atoms with Crippen molar-refractivity contribution in [1.82, 2.24) is 4.98 Å². The van der Waals surface area contributed by atoms with Crippen LogP contribution in [0.5, 0.6) is 0 Å². The van der Waals surface area contributed by atoms with E-state index in [9.17, 15) is 4.79 Å². The molecular weight excluding hydrogens is 200 g/mol. The number of carbonyl (C=O) groups is 1. The van der Waals surface area contributed by atoms with Crippen molar-refractivity contribution < 1.29 is 4.79 Å². The predicted molar refractivity (Wildman–Crippen MR) is 56.6 cm³/mol. The van der Waals surface area contributed by atoms with Gasteiger partial charge in [-0.2, -0.15) is 0 Å². The molecule has 0 aliphatic heterocycles. The predicted octanol–water partition coefficient (Wildman–Crippen LogP) is 1.95. The standard InChI is InChI=1S/C10H9ClN2O/c11-8-5-13-9-4-6(10(12)14)2-1-3-7(8)9/h1,3-5,13H,2H2,(H2,12,14). The van der Waals surface area contributed by atoms with Gasteiger partial charge in [0.15, 0.2) is 0 Å². The van der Waals surface area contributed by atoms with E-state index in [0.717, 1.165) is 11.3 Å². The van der Waals surface area contributed by atoms with Gasteiger partial charge in [0.2, 0.25) is 5.91 Å². The fourth-order valence-corrected chi connectivity index (χ4v) is 1.64. The Morgan fingerprint density at radius 3 is 3.07 bits per heavy atom. The van der Waals surface area contributed by atoms with E-state index in [1.54, 1.807) is 12.3 Å². The van der Waals surface area contributed by atoms with Crippen LogP contribution in [-0.2, 0) is 4.79 Å². The van der Waals surface area contributed by atoms with Crippen LogP contribution < -0.4 is 5.73 Å². The van der Waals surface area contributed by atoms with Crippen LogP contribution in [0.3, 0.4) is 0 Å². The van der Waals surface area contributed by atoms with Crippen LogP contribution in [0.15, 0.2) is 17.8 Å². The fourth-order valence-electron chi connectivity index (χ4n) is 1.42. The lowest BCUT2D eigenvalue weighted by molar-refractivity contribution is -0.114. The lowest BCUT2D eigenvalue weighted by Gasteiger charge is -1.95. The van der Waals surface area contributed by atoms with Gasteiger partial charge in [-0.1, -0.05) is 23.8 Å². The number of fused-ring (bicyclic) bond motifs is 1. The lowest BCUT2D eigenvalue weighted by Crippen LogP contribution is -2.13. The number of hydrogen-bond acceptors (Lipinski definition) is 1. The summed E-state index contributed by atoms with van der Waals surface area (Å²) in [6.07, 6.45) is 7.75. The summed E-state index contributed by atoms with van der Waals surface area (Å²) in [7, 11) is 0. The molecule has 1 aliphatic carbocycles. The van der Waals surface area contributed by atoms with Crippen molar-refractivity contribution in [2.45, 2.75) is 6.42 Å². The average molecular weight is 209 g/mol. The number of hydrogen-bond donors (Lipinski definition) is 2. The summed E-state index contributed by atoms with van der Waals surface area (Å²) >= 11 is 5.93. The van der Waals surface area contributed by atoms with Crippen LogP contribution in [0.25, 0.3) is 12.2 Å². The summed E-state index contributed by atoms with van der Waals surface area (Å²) in [5.41, 5.74) is 7.53. The molecule has 0 saturated carbocycles. The highest BCUT2D eigenvalue weighted by atomic mass is 35.5. The molecule has 14 heavy (non-hydrogen) atoms. The minimum Gasteiger partial charge on any atom is -0.366 e. The van der Waals surface area contributed by atoms with Crippen LogP contribution in [0.1, 0.15) is 17.7 Å². The van der Waals surface area contributed by atoms with Crippen molar-refractivity contribution in [3.05, 3.63) is 34.1 Å². The van der Waals surface area contributed by atoms with E-state index in [1.807, 2.05) is 12.2 Å². The first-order valence-electron chi connectivity index (χ1n) is 4.22. The molecule has 3 nitrogen and oxygen atoms in total. The molecule has 0 aromatic carbocycles. The molecule has 3 N–H and O–H groups in total. The highest BCUT2D eigenvalue weighted by Gasteiger charge is 2.11. The van der Waals surface area contributed by atoms with Crippen molar-refractivity contribution in [3.8, 4) is 0 Å². The molecule has 2 rings (SSSR count). The minimum absolute atomic E-state index is 0.395. The summed E-state index contributed by atoms with van der Waals surface area (Å²) in [4.78, 5) is 14.0. The number of halogens is 1. The Balaban J connectivity index is 2.53. The Kier molecular flexibility index (Phi) is 2.17. The molecular formula is C10H9ClN2O. The number of aromatic amines is 1. The van der Waals surface area contributed by atoms with Gasteiger partial charge in [0.25, 0.3) is 0 Å². The summed E-state index contributed by atoms with van der Waals surface area (Å²) in [6, 6.07) is 0. The second kappa shape index (κ2) is 3.35. The molecule has 1 heterocycles. The maximum absolute atomic E-state index is 11.0. The van der Waals surface area contributed by atoms with Crippen LogP contribution in [-0.4, -0.2) is 10.9 Å². The molecule has 0 spiro atoms. The highest BCUT2D eigenvalue weighted by Crippen LogP contribution is 2.26. The van der Waals surface area contributed by atoms with E-state index in [2.05, 4.69) is 4.98 Å². The molecule has 1 aromatic heterocycles. The molecule has 0 atom stereocenters. The van der Waals surface area contributed by atoms with E-state index < -0.39 is 5.91 Å². The first kappa shape index (κ1) is 9.09. The summed E-state index contributed by atoms with van der Waals surface area (Å²) in [5, 5.41) is 0.651. The SMILES string of the molecule is NC(=O)C1=Cc2[nH]cc(Cl)c2C=CC1. The average Bonchev–Trinajstić information content (AvgIpc) is 2.40. The van der Waals surface area contributed by atoms with Crippen LogP contribution >= 0.6 is 11.6 Å². The number of rotatable bonds is 1. The maximum Gasteiger partial charge on any atom is 0.245 e. The Hall–Kier alpha value is -1.48. The van der Waals surface area contributed by atoms with E-state index in [-0.39, 0.29) is 0 Å². The Morgan fingerprint density at radius 2 is 2.36 bits per heavy atom. The Bertz CT molecular complexity index is 443. The first-order chi connectivity index (χ1) is 6.68. The third-order valence-corrected chi connectivity index (χ3v) is 2.47. The number of aromatic nitrogens is 1. The summed E-state index contributed by atoms with van der Waals surface area (Å²) < 4.78 is 0. The third-order valence-electron chi connectivity index (χ3n) is 2.16. The molecule has 4 heteroatoms. The maximum atomic E-state index is 11.0. The molecule has 1 aromatic rings. The van der Waals surface area contributed by atoms with E-state index in [1.165, 1.54) is 0 Å². The van der Waals surface area contributed by atoms with Crippen molar-refractivity contribution in [2.75, 3.05) is 0 Å². The van der Waals surface area contributed by atoms with Crippen LogP contribution in [0.4, 0.5) is 0 Å². The minimum atomic E-state index is -0.395. The van der Waals surface area contributed by atoms with Crippen LogP contribution in [0, 0.1) is 0 Å². The number of allylic oxidation sites excluding steroid dienone is 1. The van der Waals surface area contributed by atoms with Crippen molar-refractivity contribution in [2.24, 2.45) is 5.73 Å². The highest BCUT2D eigenvalue weighted by molar-refractivity contribution is 6.32. The van der Waals surface area contributed by atoms with Gasteiger partial charge in [-0.3, -0.25) is 4.79 Å². The molecule has 0 fully saturated rings. The largest absolute Gasteiger partial charge is 0.366 e. The number of H-pyrrole nitrogens is 1. The van der Waals surface area contributed by atoms with Gasteiger partial charge < -0.3 is 10.7 Å². The number of nitrogens with one attached hydrogen (secondary N) is 1. The summed E-state index contributed by atoms with van der Waals surface area (Å²) in [5.74, 6) is -0.395. The number of primary amides is 1. The second-order valence-corrected chi connectivity index (χ2v) is 3.51. The molecule has 0 unspecified atom stereocenters. The van der Waals surface area contributed by atoms with Gasteiger partial charge in [-0.15, -0.1) is 0 Å². The van der Waals surface area contributed by atoms with Gasteiger partial charge in [-0.05, 0) is 12.5 Å². The molecule has 0 radical (unpaired) electrons. The number of nitrogens with two attached hydrogens (primary N) is 1. The van der Waals surface area contributed by atoms with Crippen molar-refractivity contribution in [1.29, 1.82) is 0 Å². The molecule has 0 saturated heterocycles. The third kappa shape index (κ3) is 1.46. The van der Waals surface area contributed by atoms with Gasteiger partial charge in [0, 0.05) is 23.0 Å². The lowest BCUT2D eigenvalue weighted by atomic mass is 10.1. The molecule has 1 amide bonds. The van der Waals surface area contributed by atoms with Crippen molar-refractivity contribution in [3.63, 3.8) is 0 Å². The summed E-state index contributed by atoms with van der Waals surface area (Å²) in [6.45, 7) is 0. The van der Waals surface area contributed by atoms with Gasteiger partial charge in [0.1, 0.15) is 0 Å². The van der Waals surface area contributed by atoms with Gasteiger partial charge in [0.05, 0.1) is 5.02 Å². The number of amides is 1. The zero-order chi connectivity index (χ0) is 10.1. The number of carbonyl (C=O) groups excluding carboxylic acids is 1. The topological polar surface area (TPSA) is 58.9 Å². The van der Waals surface area contributed by atoms with E-state index in [4.69, 9.17) is 17.3 Å². The molecule has 1 aliphatic rings. The molecule has 72 valence electrons. The van der Waals surface area contributed by atoms with E-state index in [0.29, 0.717) is 17.0 Å². The normalized spacial score (nSPS) is 14.5. The van der Waals surface area contributed by atoms with Crippen LogP contribution in [0.2, 0.25) is 5.02 Å². The zero-order valence-electron chi connectivity index (χ0n) is 7.38. The van der Waals surface area contributed by atoms with Gasteiger partial charge >= 0.3 is 0 Å². The monoisotopic (exact) mass is 208 g/mol. The zero-order valence-corrected chi connectivity index (χ0v) is 8.14. The first-order valence-corrected chi connectivity index (χ1v) is 4.60. The Labute approximate surface area is 86.2 Å². The Morgan fingerprint density at radius 1 is 1.57 bits per heavy atom. The van der Waals surface area contributed by atoms with E-state index >= 15 is 0 Å². The second-order valence-electron chi connectivity index (χ2n) is 3.10. The molecule has 0 bridgehead atoms. The van der Waals surface area contributed by atoms with Gasteiger partial charge in [-0.25, -0.2) is 0 Å². The quantitative estimate of drug-likeness (QED) is 0.728. The smallest absolute Gasteiger partial charge is 0.245 e. The fraction of sp³-hybridized carbons (Fsp3) is 0.100.